The number of aromatic nitrogens is 2. The molecular formula is C22H21ClN4O3. The smallest absolute Gasteiger partial charge is 0.227 e. The molecule has 0 aliphatic heterocycles. The zero-order chi connectivity index (χ0) is 20.9. The summed E-state index contributed by atoms with van der Waals surface area (Å²) in [5.74, 6) is 0.965. The SMILES string of the molecule is O=C(CCc1nc(-c2ccc(Cl)cc2)no1)NCc1cccc(NC(=O)C2CC2)c1. The van der Waals surface area contributed by atoms with Gasteiger partial charge in [0.1, 0.15) is 0 Å². The maximum absolute atomic E-state index is 12.2. The molecule has 2 amide bonds. The van der Waals surface area contributed by atoms with Gasteiger partial charge in [0, 0.05) is 41.6 Å². The minimum absolute atomic E-state index is 0.0636. The van der Waals surface area contributed by atoms with E-state index < -0.39 is 0 Å². The summed E-state index contributed by atoms with van der Waals surface area (Å²) in [4.78, 5) is 28.4. The van der Waals surface area contributed by atoms with Gasteiger partial charge in [-0.1, -0.05) is 28.9 Å². The molecule has 7 nitrogen and oxygen atoms in total. The van der Waals surface area contributed by atoms with E-state index in [2.05, 4.69) is 20.8 Å². The number of aryl methyl sites for hydroxylation is 1. The number of benzene rings is 2. The van der Waals surface area contributed by atoms with Gasteiger partial charge >= 0.3 is 0 Å². The molecule has 1 saturated carbocycles. The van der Waals surface area contributed by atoms with Crippen molar-refractivity contribution in [3.63, 3.8) is 0 Å². The highest BCUT2D eigenvalue weighted by Crippen LogP contribution is 2.30. The van der Waals surface area contributed by atoms with Crippen LogP contribution >= 0.6 is 11.6 Å². The second kappa shape index (κ2) is 9.09. The van der Waals surface area contributed by atoms with Crippen molar-refractivity contribution >= 4 is 29.1 Å². The molecule has 0 spiro atoms. The van der Waals surface area contributed by atoms with Crippen LogP contribution in [0.5, 0.6) is 0 Å². The van der Waals surface area contributed by atoms with Crippen molar-refractivity contribution in [3.8, 4) is 11.4 Å². The van der Waals surface area contributed by atoms with Gasteiger partial charge in [0.25, 0.3) is 0 Å². The summed E-state index contributed by atoms with van der Waals surface area (Å²) >= 11 is 5.88. The first kappa shape index (κ1) is 20.1. The predicted octanol–water partition coefficient (Wildman–Crippen LogP) is 3.99. The lowest BCUT2D eigenvalue weighted by atomic mass is 10.2. The van der Waals surface area contributed by atoms with Crippen LogP contribution in [0.1, 0.15) is 30.7 Å². The maximum atomic E-state index is 12.2. The maximum Gasteiger partial charge on any atom is 0.227 e. The van der Waals surface area contributed by atoms with Crippen molar-refractivity contribution in [2.24, 2.45) is 5.92 Å². The fourth-order valence-corrected chi connectivity index (χ4v) is 3.06. The van der Waals surface area contributed by atoms with Gasteiger partial charge in [0.2, 0.25) is 23.5 Å². The third kappa shape index (κ3) is 5.45. The number of nitrogens with one attached hydrogen (secondary N) is 2. The van der Waals surface area contributed by atoms with E-state index in [1.165, 1.54) is 0 Å². The Morgan fingerprint density at radius 2 is 1.93 bits per heavy atom. The molecule has 0 unspecified atom stereocenters. The highest BCUT2D eigenvalue weighted by atomic mass is 35.5. The lowest BCUT2D eigenvalue weighted by Crippen LogP contribution is -2.23. The molecule has 2 N–H and O–H groups in total. The van der Waals surface area contributed by atoms with Gasteiger partial charge < -0.3 is 15.2 Å². The largest absolute Gasteiger partial charge is 0.352 e. The van der Waals surface area contributed by atoms with Crippen LogP contribution in [-0.2, 0) is 22.6 Å². The molecule has 154 valence electrons. The van der Waals surface area contributed by atoms with E-state index in [4.69, 9.17) is 16.1 Å². The molecular weight excluding hydrogens is 404 g/mol. The van der Waals surface area contributed by atoms with Crippen LogP contribution in [0.4, 0.5) is 5.69 Å². The Kier molecular flexibility index (Phi) is 6.09. The summed E-state index contributed by atoms with van der Waals surface area (Å²) in [6, 6.07) is 14.6. The standard InChI is InChI=1S/C22H21ClN4O3/c23-17-8-6-15(7-9-17)21-26-20(30-27-21)11-10-19(28)24-13-14-2-1-3-18(12-14)25-22(29)16-4-5-16/h1-3,6-9,12,16H,4-5,10-11,13H2,(H,24,28)(H,25,29). The van der Waals surface area contributed by atoms with E-state index in [9.17, 15) is 9.59 Å². The molecule has 8 heteroatoms. The van der Waals surface area contributed by atoms with Crippen LogP contribution in [-0.4, -0.2) is 22.0 Å². The Hall–Kier alpha value is -3.19. The van der Waals surface area contributed by atoms with Crippen LogP contribution in [0.15, 0.2) is 53.1 Å². The number of amides is 2. The summed E-state index contributed by atoms with van der Waals surface area (Å²) in [7, 11) is 0. The molecule has 1 heterocycles. The van der Waals surface area contributed by atoms with Crippen LogP contribution in [0.2, 0.25) is 5.02 Å². The Bertz CT molecular complexity index is 1040. The molecule has 1 aliphatic carbocycles. The first-order valence-electron chi connectivity index (χ1n) is 9.82. The molecule has 0 bridgehead atoms. The number of rotatable bonds is 8. The van der Waals surface area contributed by atoms with Crippen molar-refractivity contribution < 1.29 is 14.1 Å². The van der Waals surface area contributed by atoms with Gasteiger partial charge in [-0.2, -0.15) is 4.98 Å². The van der Waals surface area contributed by atoms with Crippen molar-refractivity contribution in [2.75, 3.05) is 5.32 Å². The van der Waals surface area contributed by atoms with E-state index in [0.29, 0.717) is 29.7 Å². The Morgan fingerprint density at radius 3 is 2.70 bits per heavy atom. The van der Waals surface area contributed by atoms with Gasteiger partial charge in [-0.3, -0.25) is 9.59 Å². The Morgan fingerprint density at radius 1 is 1.13 bits per heavy atom. The first-order valence-corrected chi connectivity index (χ1v) is 10.2. The van der Waals surface area contributed by atoms with Crippen LogP contribution in [0.3, 0.4) is 0 Å². The average molecular weight is 425 g/mol. The molecule has 0 radical (unpaired) electrons. The zero-order valence-corrected chi connectivity index (χ0v) is 17.0. The number of anilines is 1. The first-order chi connectivity index (χ1) is 14.6. The molecule has 30 heavy (non-hydrogen) atoms. The van der Waals surface area contributed by atoms with E-state index in [-0.39, 0.29) is 24.2 Å². The molecule has 3 aromatic rings. The van der Waals surface area contributed by atoms with Crippen LogP contribution in [0.25, 0.3) is 11.4 Å². The second-order valence-electron chi connectivity index (χ2n) is 7.26. The molecule has 0 saturated heterocycles. The van der Waals surface area contributed by atoms with E-state index in [1.807, 2.05) is 36.4 Å². The third-order valence-corrected chi connectivity index (χ3v) is 5.02. The third-order valence-electron chi connectivity index (χ3n) is 4.77. The number of carbonyl (C=O) groups excluding carboxylic acids is 2. The quantitative estimate of drug-likeness (QED) is 0.569. The highest BCUT2D eigenvalue weighted by molar-refractivity contribution is 6.30. The van der Waals surface area contributed by atoms with Crippen molar-refractivity contribution in [3.05, 3.63) is 65.0 Å². The minimum atomic E-state index is -0.117. The number of hydrogen-bond donors (Lipinski definition) is 2. The fourth-order valence-electron chi connectivity index (χ4n) is 2.93. The number of carbonyl (C=O) groups is 2. The number of halogens is 1. The van der Waals surface area contributed by atoms with Gasteiger partial charge in [-0.25, -0.2) is 0 Å². The van der Waals surface area contributed by atoms with Gasteiger partial charge in [0.15, 0.2) is 0 Å². The van der Waals surface area contributed by atoms with Crippen molar-refractivity contribution in [1.29, 1.82) is 0 Å². The average Bonchev–Trinajstić information content (AvgIpc) is 3.50. The lowest BCUT2D eigenvalue weighted by molar-refractivity contribution is -0.121. The molecule has 0 atom stereocenters. The van der Waals surface area contributed by atoms with Crippen molar-refractivity contribution in [1.82, 2.24) is 15.5 Å². The predicted molar refractivity (Wildman–Crippen MR) is 113 cm³/mol. The molecule has 1 fully saturated rings. The van der Waals surface area contributed by atoms with E-state index in [0.717, 1.165) is 29.7 Å². The Labute approximate surface area is 178 Å². The van der Waals surface area contributed by atoms with E-state index in [1.54, 1.807) is 12.1 Å². The van der Waals surface area contributed by atoms with Gasteiger partial charge in [-0.05, 0) is 54.8 Å². The van der Waals surface area contributed by atoms with Gasteiger partial charge in [-0.15, -0.1) is 0 Å². The number of hydrogen-bond acceptors (Lipinski definition) is 5. The summed E-state index contributed by atoms with van der Waals surface area (Å²) < 4.78 is 5.23. The summed E-state index contributed by atoms with van der Waals surface area (Å²) in [5.41, 5.74) is 2.46. The molecule has 2 aromatic carbocycles. The molecule has 1 aromatic heterocycles. The Balaban J connectivity index is 1.24. The monoisotopic (exact) mass is 424 g/mol. The molecule has 1 aliphatic rings. The van der Waals surface area contributed by atoms with Crippen LogP contribution in [0, 0.1) is 5.92 Å². The summed E-state index contributed by atoms with van der Waals surface area (Å²) in [5, 5.41) is 10.4. The highest BCUT2D eigenvalue weighted by Gasteiger charge is 2.29. The fraction of sp³-hybridized carbons (Fsp3) is 0.273. The normalized spacial score (nSPS) is 13.1. The lowest BCUT2D eigenvalue weighted by Gasteiger charge is -2.08. The van der Waals surface area contributed by atoms with Crippen LogP contribution < -0.4 is 10.6 Å². The van der Waals surface area contributed by atoms with Crippen molar-refractivity contribution in [2.45, 2.75) is 32.2 Å². The second-order valence-corrected chi connectivity index (χ2v) is 7.70. The topological polar surface area (TPSA) is 97.1 Å². The number of nitrogens with zero attached hydrogens (tertiary/aromatic N) is 2. The van der Waals surface area contributed by atoms with Gasteiger partial charge in [0.05, 0.1) is 0 Å². The van der Waals surface area contributed by atoms with E-state index >= 15 is 0 Å². The summed E-state index contributed by atoms with van der Waals surface area (Å²) in [6.07, 6.45) is 2.51. The zero-order valence-electron chi connectivity index (χ0n) is 16.2. The molecule has 4 rings (SSSR count). The minimum Gasteiger partial charge on any atom is -0.352 e. The summed E-state index contributed by atoms with van der Waals surface area (Å²) in [6.45, 7) is 0.381.